The molecule has 2 aromatic rings. The molecule has 0 radical (unpaired) electrons. The number of nitrogens with one attached hydrogen (secondary N) is 2. The molecular formula is C12H14F2N4. The molecule has 0 aliphatic carbocycles. The summed E-state index contributed by atoms with van der Waals surface area (Å²) in [7, 11) is 0. The maximum atomic E-state index is 13.6. The molecule has 4 nitrogen and oxygen atoms in total. The zero-order chi connectivity index (χ0) is 13.1. The van der Waals surface area contributed by atoms with Crippen LogP contribution in [-0.2, 0) is 0 Å². The van der Waals surface area contributed by atoms with Gasteiger partial charge in [-0.25, -0.2) is 13.8 Å². The van der Waals surface area contributed by atoms with E-state index in [9.17, 15) is 8.78 Å². The minimum absolute atomic E-state index is 0.105. The van der Waals surface area contributed by atoms with Crippen molar-refractivity contribution < 1.29 is 8.78 Å². The average Bonchev–Trinajstić information content (AvgIpc) is 2.81. The molecule has 1 aromatic heterocycles. The minimum Gasteiger partial charge on any atom is -0.301 e. The standard InChI is InChI=1S/C12H14F2N4/c1-7(10-4-3-9(13)5-11(10)14)17-8(2)12-15-6-16-18-12/h3-8,17H,1-2H3,(H,15,16,18). The van der Waals surface area contributed by atoms with Gasteiger partial charge in [-0.15, -0.1) is 0 Å². The van der Waals surface area contributed by atoms with Crippen LogP contribution in [0, 0.1) is 11.6 Å². The molecule has 96 valence electrons. The Kier molecular flexibility index (Phi) is 3.66. The smallest absolute Gasteiger partial charge is 0.141 e. The summed E-state index contributed by atoms with van der Waals surface area (Å²) in [5.41, 5.74) is 0.419. The van der Waals surface area contributed by atoms with Crippen LogP contribution in [0.2, 0.25) is 0 Å². The summed E-state index contributed by atoms with van der Waals surface area (Å²) in [4.78, 5) is 4.02. The molecular weight excluding hydrogens is 238 g/mol. The molecule has 2 rings (SSSR count). The van der Waals surface area contributed by atoms with Gasteiger partial charge in [0.05, 0.1) is 6.04 Å². The molecule has 0 fully saturated rings. The van der Waals surface area contributed by atoms with Gasteiger partial charge in [-0.2, -0.15) is 5.10 Å². The van der Waals surface area contributed by atoms with Gasteiger partial charge in [-0.3, -0.25) is 5.10 Å². The Balaban J connectivity index is 2.10. The number of H-pyrrole nitrogens is 1. The number of hydrogen-bond donors (Lipinski definition) is 2. The van der Waals surface area contributed by atoms with Crippen LogP contribution in [0.25, 0.3) is 0 Å². The van der Waals surface area contributed by atoms with Crippen molar-refractivity contribution in [1.82, 2.24) is 20.5 Å². The lowest BCUT2D eigenvalue weighted by Gasteiger charge is -2.19. The lowest BCUT2D eigenvalue weighted by Crippen LogP contribution is -2.24. The highest BCUT2D eigenvalue weighted by Gasteiger charge is 2.16. The summed E-state index contributed by atoms with van der Waals surface area (Å²) in [6.45, 7) is 3.70. The van der Waals surface area contributed by atoms with Crippen molar-refractivity contribution in [1.29, 1.82) is 0 Å². The van der Waals surface area contributed by atoms with Crippen LogP contribution in [0.3, 0.4) is 0 Å². The van der Waals surface area contributed by atoms with E-state index in [2.05, 4.69) is 20.5 Å². The van der Waals surface area contributed by atoms with Crippen molar-refractivity contribution in [3.8, 4) is 0 Å². The van der Waals surface area contributed by atoms with Crippen molar-refractivity contribution >= 4 is 0 Å². The summed E-state index contributed by atoms with van der Waals surface area (Å²) < 4.78 is 26.4. The minimum atomic E-state index is -0.577. The summed E-state index contributed by atoms with van der Waals surface area (Å²) in [6, 6.07) is 3.20. The van der Waals surface area contributed by atoms with Crippen LogP contribution in [0.1, 0.15) is 37.3 Å². The number of benzene rings is 1. The lowest BCUT2D eigenvalue weighted by atomic mass is 10.1. The normalized spacial score (nSPS) is 14.4. The third kappa shape index (κ3) is 2.70. The average molecular weight is 252 g/mol. The fourth-order valence-corrected chi connectivity index (χ4v) is 1.82. The first-order valence-electron chi connectivity index (χ1n) is 5.64. The van der Waals surface area contributed by atoms with E-state index in [-0.39, 0.29) is 12.1 Å². The Labute approximate surface area is 103 Å². The second-order valence-electron chi connectivity index (χ2n) is 4.15. The van der Waals surface area contributed by atoms with Crippen molar-refractivity contribution in [3.63, 3.8) is 0 Å². The largest absolute Gasteiger partial charge is 0.301 e. The lowest BCUT2D eigenvalue weighted by molar-refractivity contribution is 0.458. The Bertz CT molecular complexity index is 513. The van der Waals surface area contributed by atoms with Crippen molar-refractivity contribution in [3.05, 3.63) is 47.5 Å². The Morgan fingerprint density at radius 1 is 1.22 bits per heavy atom. The van der Waals surface area contributed by atoms with Crippen molar-refractivity contribution in [2.24, 2.45) is 0 Å². The second-order valence-corrected chi connectivity index (χ2v) is 4.15. The molecule has 2 unspecified atom stereocenters. The van der Waals surface area contributed by atoms with Gasteiger partial charge < -0.3 is 5.32 Å². The molecule has 0 saturated heterocycles. The van der Waals surface area contributed by atoms with Crippen LogP contribution in [0.5, 0.6) is 0 Å². The molecule has 0 bridgehead atoms. The molecule has 1 aromatic carbocycles. The Morgan fingerprint density at radius 2 is 2.00 bits per heavy atom. The number of halogens is 2. The van der Waals surface area contributed by atoms with Gasteiger partial charge >= 0.3 is 0 Å². The van der Waals surface area contributed by atoms with Crippen LogP contribution >= 0.6 is 0 Å². The second kappa shape index (κ2) is 5.22. The predicted molar refractivity (Wildman–Crippen MR) is 62.7 cm³/mol. The number of nitrogens with zero attached hydrogens (tertiary/aromatic N) is 2. The van der Waals surface area contributed by atoms with Gasteiger partial charge in [0.15, 0.2) is 0 Å². The molecule has 2 N–H and O–H groups in total. The molecule has 1 heterocycles. The number of aromatic nitrogens is 3. The van der Waals surface area contributed by atoms with Gasteiger partial charge in [-0.1, -0.05) is 6.07 Å². The van der Waals surface area contributed by atoms with E-state index in [0.717, 1.165) is 6.07 Å². The van der Waals surface area contributed by atoms with Crippen LogP contribution in [0.15, 0.2) is 24.5 Å². The van der Waals surface area contributed by atoms with E-state index in [0.29, 0.717) is 11.4 Å². The Morgan fingerprint density at radius 3 is 2.61 bits per heavy atom. The highest BCUT2D eigenvalue weighted by atomic mass is 19.1. The molecule has 2 atom stereocenters. The number of hydrogen-bond acceptors (Lipinski definition) is 3. The summed E-state index contributed by atoms with van der Waals surface area (Å²) in [5, 5.41) is 9.66. The summed E-state index contributed by atoms with van der Waals surface area (Å²) in [6.07, 6.45) is 1.41. The molecule has 6 heteroatoms. The molecule has 0 aliphatic rings. The zero-order valence-electron chi connectivity index (χ0n) is 10.1. The first-order chi connectivity index (χ1) is 8.58. The predicted octanol–water partition coefficient (Wildman–Crippen LogP) is 2.49. The van der Waals surface area contributed by atoms with Gasteiger partial charge in [0.1, 0.15) is 23.8 Å². The van der Waals surface area contributed by atoms with Crippen molar-refractivity contribution in [2.45, 2.75) is 25.9 Å². The van der Waals surface area contributed by atoms with Crippen LogP contribution in [-0.4, -0.2) is 15.2 Å². The quantitative estimate of drug-likeness (QED) is 0.879. The summed E-state index contributed by atoms with van der Waals surface area (Å²) >= 11 is 0. The topological polar surface area (TPSA) is 53.6 Å². The van der Waals surface area contributed by atoms with Gasteiger partial charge in [0, 0.05) is 17.7 Å². The van der Waals surface area contributed by atoms with Gasteiger partial charge in [0.2, 0.25) is 0 Å². The van der Waals surface area contributed by atoms with E-state index in [1.165, 1.54) is 18.5 Å². The fraction of sp³-hybridized carbons (Fsp3) is 0.333. The maximum absolute atomic E-state index is 13.6. The summed E-state index contributed by atoms with van der Waals surface area (Å²) in [5.74, 6) is -0.462. The highest BCUT2D eigenvalue weighted by Crippen LogP contribution is 2.20. The zero-order valence-corrected chi connectivity index (χ0v) is 10.1. The van der Waals surface area contributed by atoms with E-state index in [1.54, 1.807) is 0 Å². The third-order valence-electron chi connectivity index (χ3n) is 2.77. The molecule has 0 aliphatic heterocycles. The van der Waals surface area contributed by atoms with E-state index in [4.69, 9.17) is 0 Å². The monoisotopic (exact) mass is 252 g/mol. The van der Waals surface area contributed by atoms with E-state index < -0.39 is 11.6 Å². The fourth-order valence-electron chi connectivity index (χ4n) is 1.82. The van der Waals surface area contributed by atoms with Crippen LogP contribution in [0.4, 0.5) is 8.78 Å². The molecule has 18 heavy (non-hydrogen) atoms. The molecule has 0 amide bonds. The molecule has 0 saturated carbocycles. The Hall–Kier alpha value is -1.82. The van der Waals surface area contributed by atoms with Crippen molar-refractivity contribution in [2.75, 3.05) is 0 Å². The van der Waals surface area contributed by atoms with Gasteiger partial charge in [0.25, 0.3) is 0 Å². The maximum Gasteiger partial charge on any atom is 0.141 e. The molecule has 0 spiro atoms. The van der Waals surface area contributed by atoms with E-state index >= 15 is 0 Å². The van der Waals surface area contributed by atoms with E-state index in [1.807, 2.05) is 13.8 Å². The third-order valence-corrected chi connectivity index (χ3v) is 2.77. The number of rotatable bonds is 4. The number of aromatic amines is 1. The first kappa shape index (κ1) is 12.6. The highest BCUT2D eigenvalue weighted by molar-refractivity contribution is 5.21. The first-order valence-corrected chi connectivity index (χ1v) is 5.64. The SMILES string of the molecule is CC(NC(C)c1ccc(F)cc1F)c1ncn[nH]1. The van der Waals surface area contributed by atoms with Gasteiger partial charge in [-0.05, 0) is 19.9 Å². The van der Waals surface area contributed by atoms with Crippen LogP contribution < -0.4 is 5.32 Å².